The highest BCUT2D eigenvalue weighted by Gasteiger charge is 2.12. The average Bonchev–Trinajstić information content (AvgIpc) is 2.40. The van der Waals surface area contributed by atoms with Crippen molar-refractivity contribution >= 4 is 11.7 Å². The number of ether oxygens (including phenoxy) is 1. The Balaban J connectivity index is 1.74. The second-order valence-corrected chi connectivity index (χ2v) is 4.59. The summed E-state index contributed by atoms with van der Waals surface area (Å²) in [7, 11) is 0. The molecule has 4 nitrogen and oxygen atoms in total. The first kappa shape index (κ1) is 12.9. The maximum atomic E-state index is 10.7. The highest BCUT2D eigenvalue weighted by Crippen LogP contribution is 2.16. The first-order valence-electron chi connectivity index (χ1n) is 6.44. The van der Waals surface area contributed by atoms with Crippen LogP contribution in [0.5, 0.6) is 0 Å². The van der Waals surface area contributed by atoms with Gasteiger partial charge in [-0.1, -0.05) is 0 Å². The zero-order valence-corrected chi connectivity index (χ0v) is 10.4. The van der Waals surface area contributed by atoms with E-state index in [-0.39, 0.29) is 0 Å². The molecule has 0 aliphatic carbocycles. The normalized spacial score (nSPS) is 19.4. The average molecular weight is 249 g/mol. The smallest absolute Gasteiger partial charge is 0.335 e. The molecule has 0 aromatic heterocycles. The molecule has 1 aliphatic rings. The number of aromatic carboxylic acids is 1. The summed E-state index contributed by atoms with van der Waals surface area (Å²) >= 11 is 0. The van der Waals surface area contributed by atoms with Crippen LogP contribution in [-0.2, 0) is 4.74 Å². The molecule has 1 aromatic rings. The summed E-state index contributed by atoms with van der Waals surface area (Å²) in [5, 5.41) is 12.1. The van der Waals surface area contributed by atoms with Crippen LogP contribution in [-0.4, -0.2) is 30.3 Å². The van der Waals surface area contributed by atoms with Gasteiger partial charge in [-0.3, -0.25) is 0 Å². The Morgan fingerprint density at radius 2 is 2.11 bits per heavy atom. The molecule has 98 valence electrons. The van der Waals surface area contributed by atoms with E-state index in [1.807, 2.05) is 0 Å². The lowest BCUT2D eigenvalue weighted by Gasteiger charge is -2.22. The van der Waals surface area contributed by atoms with Crippen LogP contribution >= 0.6 is 0 Å². The minimum absolute atomic E-state index is 0.316. The lowest BCUT2D eigenvalue weighted by molar-refractivity contribution is 0.0134. The first-order chi connectivity index (χ1) is 8.75. The molecule has 0 spiro atoms. The number of benzene rings is 1. The lowest BCUT2D eigenvalue weighted by Crippen LogP contribution is -2.21. The number of carboxylic acids is 1. The number of carbonyl (C=O) groups is 1. The standard InChI is InChI=1S/C14H19NO3/c16-14(17)11-4-6-12(7-5-11)15-9-8-13-3-1-2-10-18-13/h4-7,13,15H,1-3,8-10H2,(H,16,17). The van der Waals surface area contributed by atoms with E-state index in [0.717, 1.165) is 31.7 Å². The molecular weight excluding hydrogens is 230 g/mol. The van der Waals surface area contributed by atoms with Crippen LogP contribution in [0.4, 0.5) is 5.69 Å². The summed E-state index contributed by atoms with van der Waals surface area (Å²) in [6, 6.07) is 6.82. The number of anilines is 1. The van der Waals surface area contributed by atoms with Crippen LogP contribution in [0.1, 0.15) is 36.0 Å². The van der Waals surface area contributed by atoms with Crippen LogP contribution in [0.2, 0.25) is 0 Å². The third kappa shape index (κ3) is 3.74. The van der Waals surface area contributed by atoms with Gasteiger partial charge in [0.25, 0.3) is 0 Å². The van der Waals surface area contributed by atoms with Crippen LogP contribution in [0.3, 0.4) is 0 Å². The van der Waals surface area contributed by atoms with E-state index in [1.54, 1.807) is 24.3 Å². The van der Waals surface area contributed by atoms with Crippen molar-refractivity contribution in [1.29, 1.82) is 0 Å². The molecule has 2 rings (SSSR count). The molecule has 1 aliphatic heterocycles. The zero-order chi connectivity index (χ0) is 12.8. The van der Waals surface area contributed by atoms with Crippen molar-refractivity contribution in [3.8, 4) is 0 Å². The Bertz CT molecular complexity index is 383. The van der Waals surface area contributed by atoms with Crippen LogP contribution in [0.15, 0.2) is 24.3 Å². The van der Waals surface area contributed by atoms with E-state index in [4.69, 9.17) is 9.84 Å². The van der Waals surface area contributed by atoms with E-state index in [1.165, 1.54) is 12.8 Å². The molecule has 1 unspecified atom stereocenters. The zero-order valence-electron chi connectivity index (χ0n) is 10.4. The van der Waals surface area contributed by atoms with Crippen molar-refractivity contribution < 1.29 is 14.6 Å². The molecule has 18 heavy (non-hydrogen) atoms. The van der Waals surface area contributed by atoms with Gasteiger partial charge < -0.3 is 15.2 Å². The molecule has 2 N–H and O–H groups in total. The Hall–Kier alpha value is -1.55. The van der Waals surface area contributed by atoms with E-state index >= 15 is 0 Å². The van der Waals surface area contributed by atoms with E-state index in [9.17, 15) is 4.79 Å². The van der Waals surface area contributed by atoms with E-state index in [2.05, 4.69) is 5.32 Å². The van der Waals surface area contributed by atoms with Crippen LogP contribution in [0.25, 0.3) is 0 Å². The molecule has 0 amide bonds. The summed E-state index contributed by atoms with van der Waals surface area (Å²) in [6.45, 7) is 1.75. The summed E-state index contributed by atoms with van der Waals surface area (Å²) in [6.07, 6.45) is 4.98. The van der Waals surface area contributed by atoms with Gasteiger partial charge >= 0.3 is 5.97 Å². The van der Waals surface area contributed by atoms with Gasteiger partial charge in [-0.05, 0) is 49.9 Å². The molecule has 1 atom stereocenters. The molecule has 0 saturated carbocycles. The summed E-state index contributed by atoms with van der Waals surface area (Å²) < 4.78 is 5.65. The second kappa shape index (κ2) is 6.40. The lowest BCUT2D eigenvalue weighted by atomic mass is 10.1. The van der Waals surface area contributed by atoms with Crippen LogP contribution in [0, 0.1) is 0 Å². The number of carboxylic acid groups (broad SMARTS) is 1. The largest absolute Gasteiger partial charge is 0.478 e. The molecule has 1 aromatic carbocycles. The first-order valence-corrected chi connectivity index (χ1v) is 6.44. The highest BCUT2D eigenvalue weighted by atomic mass is 16.5. The minimum Gasteiger partial charge on any atom is -0.478 e. The Morgan fingerprint density at radius 1 is 1.33 bits per heavy atom. The van der Waals surface area contributed by atoms with Crippen molar-refractivity contribution in [2.45, 2.75) is 31.8 Å². The van der Waals surface area contributed by atoms with Gasteiger partial charge in [-0.2, -0.15) is 0 Å². The predicted octanol–water partition coefficient (Wildman–Crippen LogP) is 2.76. The van der Waals surface area contributed by atoms with Crippen molar-refractivity contribution in [3.63, 3.8) is 0 Å². The molecule has 1 saturated heterocycles. The summed E-state index contributed by atoms with van der Waals surface area (Å²) in [5.74, 6) is -0.892. The van der Waals surface area contributed by atoms with Crippen molar-refractivity contribution in [1.82, 2.24) is 0 Å². The number of rotatable bonds is 5. The number of nitrogens with one attached hydrogen (secondary N) is 1. The molecular formula is C14H19NO3. The number of hydrogen-bond acceptors (Lipinski definition) is 3. The van der Waals surface area contributed by atoms with Crippen molar-refractivity contribution in [2.75, 3.05) is 18.5 Å². The number of hydrogen-bond donors (Lipinski definition) is 2. The fourth-order valence-corrected chi connectivity index (χ4v) is 2.14. The van der Waals surface area contributed by atoms with Crippen LogP contribution < -0.4 is 5.32 Å². The van der Waals surface area contributed by atoms with Crippen molar-refractivity contribution in [2.24, 2.45) is 0 Å². The SMILES string of the molecule is O=C(O)c1ccc(NCCC2CCCCO2)cc1. The fourth-order valence-electron chi connectivity index (χ4n) is 2.14. The molecule has 4 heteroatoms. The topological polar surface area (TPSA) is 58.6 Å². The summed E-state index contributed by atoms with van der Waals surface area (Å²) in [4.78, 5) is 10.7. The van der Waals surface area contributed by atoms with Gasteiger partial charge in [-0.25, -0.2) is 4.79 Å². The van der Waals surface area contributed by atoms with Gasteiger partial charge in [0.2, 0.25) is 0 Å². The third-order valence-electron chi connectivity index (χ3n) is 3.20. The van der Waals surface area contributed by atoms with E-state index < -0.39 is 5.97 Å². The van der Waals surface area contributed by atoms with Gasteiger partial charge in [0, 0.05) is 18.8 Å². The molecule has 1 heterocycles. The molecule has 0 radical (unpaired) electrons. The Morgan fingerprint density at radius 3 is 2.72 bits per heavy atom. The molecule has 0 bridgehead atoms. The minimum atomic E-state index is -0.892. The summed E-state index contributed by atoms with van der Waals surface area (Å²) in [5.41, 5.74) is 1.27. The maximum absolute atomic E-state index is 10.7. The van der Waals surface area contributed by atoms with Gasteiger partial charge in [0.05, 0.1) is 11.7 Å². The van der Waals surface area contributed by atoms with Gasteiger partial charge in [0.15, 0.2) is 0 Å². The Labute approximate surface area is 107 Å². The van der Waals surface area contributed by atoms with Crippen molar-refractivity contribution in [3.05, 3.63) is 29.8 Å². The van der Waals surface area contributed by atoms with Gasteiger partial charge in [0.1, 0.15) is 0 Å². The van der Waals surface area contributed by atoms with E-state index in [0.29, 0.717) is 11.7 Å². The second-order valence-electron chi connectivity index (χ2n) is 4.59. The highest BCUT2D eigenvalue weighted by molar-refractivity contribution is 5.87. The third-order valence-corrected chi connectivity index (χ3v) is 3.20. The predicted molar refractivity (Wildman–Crippen MR) is 70.1 cm³/mol. The monoisotopic (exact) mass is 249 g/mol. The quantitative estimate of drug-likeness (QED) is 0.842. The maximum Gasteiger partial charge on any atom is 0.335 e. The van der Waals surface area contributed by atoms with Gasteiger partial charge in [-0.15, -0.1) is 0 Å². The fraction of sp³-hybridized carbons (Fsp3) is 0.500. The molecule has 1 fully saturated rings. The Kier molecular flexibility index (Phi) is 4.59.